The van der Waals surface area contributed by atoms with E-state index in [1.165, 1.54) is 0 Å². The summed E-state index contributed by atoms with van der Waals surface area (Å²) in [4.78, 5) is 28.2. The number of rotatable bonds is 1. The Kier molecular flexibility index (Phi) is 5.88. The molecule has 3 aliphatic rings. The number of carbonyl (C=O) groups excluding carboxylic acids is 1. The first kappa shape index (κ1) is 24.7. The van der Waals surface area contributed by atoms with Gasteiger partial charge in [-0.15, -0.1) is 33.5 Å². The fourth-order valence-corrected chi connectivity index (χ4v) is 5.67. The summed E-state index contributed by atoms with van der Waals surface area (Å²) >= 11 is 0. The normalized spacial score (nSPS) is 25.3. The Balaban J connectivity index is 0.00000267. The van der Waals surface area contributed by atoms with E-state index in [4.69, 9.17) is 20.3 Å². The molecule has 0 radical (unpaired) electrons. The zero-order chi connectivity index (χ0) is 24.8. The van der Waals surface area contributed by atoms with Crippen LogP contribution in [0.2, 0.25) is 0 Å². The molecule has 0 aromatic carbocycles. The van der Waals surface area contributed by atoms with Crippen LogP contribution in [-0.2, 0) is 0 Å². The maximum Gasteiger partial charge on any atom is 2.00 e. The van der Waals surface area contributed by atoms with Gasteiger partial charge in [0, 0.05) is 11.5 Å². The number of allylic oxidation sites excluding steroid dienone is 3. The molecule has 5 nitrogen and oxygen atoms in total. The first-order valence-electron chi connectivity index (χ1n) is 12.2. The number of carbonyl (C=O) groups is 1. The molecule has 3 aromatic heterocycles. The number of nitrogens with zero attached hydrogens (tertiary/aromatic N) is 4. The average molecular weight is 485 g/mol. The van der Waals surface area contributed by atoms with E-state index in [1.54, 1.807) is 0 Å². The molecule has 1 saturated heterocycles. The second-order valence-electron chi connectivity index (χ2n) is 10.1. The zero-order valence-electron chi connectivity index (χ0n) is 21.8. The van der Waals surface area contributed by atoms with Gasteiger partial charge in [0.2, 0.25) is 0 Å². The van der Waals surface area contributed by atoms with Crippen LogP contribution in [0.15, 0.2) is 18.0 Å². The first-order valence-corrected chi connectivity index (χ1v) is 12.2. The van der Waals surface area contributed by atoms with Crippen molar-refractivity contribution < 1.29 is 4.79 Å². The van der Waals surface area contributed by atoms with Crippen molar-refractivity contribution in [3.05, 3.63) is 90.1 Å². The number of fused-ring (bicyclic) bond motifs is 7. The quantitative estimate of drug-likeness (QED) is 0.489. The minimum Gasteiger partial charge on any atom is -0.664 e. The van der Waals surface area contributed by atoms with Gasteiger partial charge >= 0.3 is 23.1 Å². The smallest absolute Gasteiger partial charge is 0.664 e. The van der Waals surface area contributed by atoms with E-state index in [1.807, 2.05) is 32.1 Å². The summed E-state index contributed by atoms with van der Waals surface area (Å²) in [6.45, 7) is 16.5. The van der Waals surface area contributed by atoms with Gasteiger partial charge in [-0.05, 0) is 45.6 Å². The van der Waals surface area contributed by atoms with Gasteiger partial charge in [0.25, 0.3) is 0 Å². The number of hydrogen-bond acceptors (Lipinski definition) is 1. The van der Waals surface area contributed by atoms with Gasteiger partial charge < -0.3 is 20.3 Å². The number of ketones is 1. The Morgan fingerprint density at radius 2 is 1.50 bits per heavy atom. The van der Waals surface area contributed by atoms with Gasteiger partial charge in [0.15, 0.2) is 5.78 Å². The van der Waals surface area contributed by atoms with Crippen LogP contribution in [0.3, 0.4) is 0 Å². The van der Waals surface area contributed by atoms with Gasteiger partial charge in [-0.3, -0.25) is 4.79 Å². The second kappa shape index (κ2) is 8.56. The summed E-state index contributed by atoms with van der Waals surface area (Å²) < 4.78 is 0. The Morgan fingerprint density at radius 3 is 2.17 bits per heavy atom. The molecule has 178 valence electrons. The molecule has 0 amide bonds. The van der Waals surface area contributed by atoms with Crippen molar-refractivity contribution in [1.82, 2.24) is 15.0 Å². The number of aromatic nitrogens is 3. The van der Waals surface area contributed by atoms with Crippen LogP contribution in [0.1, 0.15) is 81.2 Å². The van der Waals surface area contributed by atoms with Crippen molar-refractivity contribution in [2.45, 2.75) is 48.0 Å². The Bertz CT molecular complexity index is 1650. The minimum absolute atomic E-state index is 0. The third kappa shape index (κ3) is 3.38. The standard InChI is InChI=1S/C30H29N4O.Mg/c1-8-19-16(5)23-10-20-13(2)9-26(31-20)27-18(7)30(35)28-17(6)24(34-29(27)28)11-21-14(3)15(4)22(32-21)12-25(19)33-23;/h8,10-13,18H,1,9H2,2-7H3,(H-,31,34,35);/q-3;+2/p-1/b20-10-,21-11-,22-12-;/t13-,18+;/m0./s1. The second-order valence-corrected chi connectivity index (χ2v) is 10.1. The van der Waals surface area contributed by atoms with Crippen molar-refractivity contribution in [3.8, 4) is 0 Å². The van der Waals surface area contributed by atoms with Crippen LogP contribution in [0.5, 0.6) is 0 Å². The molecule has 2 aliphatic heterocycles. The van der Waals surface area contributed by atoms with Crippen LogP contribution in [0.25, 0.3) is 35.2 Å². The van der Waals surface area contributed by atoms with Crippen molar-refractivity contribution in [2.75, 3.05) is 0 Å². The van der Waals surface area contributed by atoms with E-state index in [-0.39, 0.29) is 40.7 Å². The van der Waals surface area contributed by atoms with E-state index in [0.717, 1.165) is 90.2 Å². The van der Waals surface area contributed by atoms with Crippen molar-refractivity contribution in [1.29, 1.82) is 0 Å². The summed E-state index contributed by atoms with van der Waals surface area (Å²) in [5.41, 5.74) is 12.3. The van der Waals surface area contributed by atoms with Gasteiger partial charge in [-0.25, -0.2) is 0 Å². The maximum absolute atomic E-state index is 13.3. The largest absolute Gasteiger partial charge is 2.00 e. The molecule has 5 heterocycles. The molecule has 8 bridgehead atoms. The molecular weight excluding hydrogens is 457 g/mol. The third-order valence-electron chi connectivity index (χ3n) is 8.05. The molecule has 0 N–H and O–H groups in total. The number of hydrogen-bond donors (Lipinski definition) is 0. The maximum atomic E-state index is 13.3. The Hall–Kier alpha value is -2.96. The summed E-state index contributed by atoms with van der Waals surface area (Å²) in [6.07, 6.45) is 8.82. The van der Waals surface area contributed by atoms with E-state index < -0.39 is 0 Å². The molecule has 1 aliphatic carbocycles. The van der Waals surface area contributed by atoms with Gasteiger partial charge in [-0.1, -0.05) is 72.6 Å². The van der Waals surface area contributed by atoms with Crippen LogP contribution < -0.4 is 25.7 Å². The first-order chi connectivity index (χ1) is 16.7. The molecule has 0 saturated carbocycles. The predicted octanol–water partition coefficient (Wildman–Crippen LogP) is 4.02. The minimum atomic E-state index is -0.232. The summed E-state index contributed by atoms with van der Waals surface area (Å²) in [6, 6.07) is 0. The van der Waals surface area contributed by atoms with Gasteiger partial charge in [-0.2, -0.15) is 11.4 Å². The molecule has 3 aromatic rings. The van der Waals surface area contributed by atoms with E-state index in [0.29, 0.717) is 0 Å². The van der Waals surface area contributed by atoms with Crippen molar-refractivity contribution in [2.24, 2.45) is 11.8 Å². The van der Waals surface area contributed by atoms with Crippen LogP contribution in [0, 0.1) is 39.5 Å². The average Bonchev–Trinajstić information content (AvgIpc) is 3.55. The van der Waals surface area contributed by atoms with Crippen molar-refractivity contribution >= 4 is 58.7 Å². The number of Topliss-reactive ketones (excluding diaryl/α,β-unsaturated/α-hetero) is 1. The Morgan fingerprint density at radius 1 is 0.861 bits per heavy atom. The predicted molar refractivity (Wildman–Crippen MR) is 146 cm³/mol. The van der Waals surface area contributed by atoms with E-state index in [2.05, 4.69) is 40.3 Å². The van der Waals surface area contributed by atoms with E-state index in [9.17, 15) is 4.79 Å². The fourth-order valence-electron chi connectivity index (χ4n) is 5.67. The SMILES string of the molecule is C=Cc1c2[n-]c(c1C)/C=C1\[N-]/C(=C3\c4[n-]c(c(C)c4C(=O)[C@@H]3C)/C=c3\[n-]/c(c(C)c3C)=C\2)C[C@@H]1C.[Mg+2]. The van der Waals surface area contributed by atoms with Crippen LogP contribution in [0.4, 0.5) is 0 Å². The van der Waals surface area contributed by atoms with Crippen LogP contribution >= 0.6 is 0 Å². The molecule has 0 spiro atoms. The molecule has 1 fully saturated rings. The topological polar surface area (TPSA) is 73.5 Å². The zero-order valence-corrected chi connectivity index (χ0v) is 23.2. The van der Waals surface area contributed by atoms with Crippen molar-refractivity contribution in [3.63, 3.8) is 0 Å². The van der Waals surface area contributed by atoms with E-state index >= 15 is 0 Å². The third-order valence-corrected chi connectivity index (χ3v) is 8.05. The summed E-state index contributed by atoms with van der Waals surface area (Å²) in [5.74, 6) is 0.144. The monoisotopic (exact) mass is 484 g/mol. The van der Waals surface area contributed by atoms with Gasteiger partial charge in [0.1, 0.15) is 0 Å². The molecule has 6 heteroatoms. The van der Waals surface area contributed by atoms with Gasteiger partial charge in [0.05, 0.1) is 0 Å². The summed E-state index contributed by atoms with van der Waals surface area (Å²) in [7, 11) is 0. The Labute approximate surface area is 227 Å². The molecule has 36 heavy (non-hydrogen) atoms. The summed E-state index contributed by atoms with van der Waals surface area (Å²) in [5, 5.41) is 6.82. The van der Waals surface area contributed by atoms with Crippen LogP contribution in [-0.4, -0.2) is 28.8 Å². The molecular formula is C30H28MgN4O-2. The molecule has 0 unspecified atom stereocenters. The molecule has 2 atom stereocenters. The fraction of sp³-hybridized carbons (Fsp3) is 0.300. The molecule has 6 rings (SSSR count).